The van der Waals surface area contributed by atoms with E-state index in [0.717, 1.165) is 3.57 Å². The largest absolute Gasteiger partial charge is 0.388 e. The maximum atomic E-state index is 13.8. The van der Waals surface area contributed by atoms with Gasteiger partial charge in [-0.05, 0) is 51.9 Å². The van der Waals surface area contributed by atoms with Crippen molar-refractivity contribution >= 4 is 28.4 Å². The van der Waals surface area contributed by atoms with Gasteiger partial charge >= 0.3 is 0 Å². The summed E-state index contributed by atoms with van der Waals surface area (Å²) in [6, 6.07) is 6.48. The summed E-state index contributed by atoms with van der Waals surface area (Å²) >= 11 is 2.04. The van der Waals surface area contributed by atoms with Crippen LogP contribution < -0.4 is 0 Å². The van der Waals surface area contributed by atoms with Crippen molar-refractivity contribution in [3.8, 4) is 0 Å². The van der Waals surface area contributed by atoms with E-state index in [1.165, 1.54) is 18.5 Å². The van der Waals surface area contributed by atoms with E-state index < -0.39 is 6.61 Å². The Labute approximate surface area is 123 Å². The zero-order valence-electron chi connectivity index (χ0n) is 9.94. The first-order valence-electron chi connectivity index (χ1n) is 5.62. The van der Waals surface area contributed by atoms with Gasteiger partial charge in [-0.3, -0.25) is 9.78 Å². The smallest absolute Gasteiger partial charge is 0.188 e. The van der Waals surface area contributed by atoms with Crippen LogP contribution in [-0.2, 0) is 6.42 Å². The predicted molar refractivity (Wildman–Crippen MR) is 77.6 cm³/mol. The van der Waals surface area contributed by atoms with Crippen molar-refractivity contribution in [3.63, 3.8) is 0 Å². The van der Waals surface area contributed by atoms with Gasteiger partial charge in [0.1, 0.15) is 12.4 Å². The highest BCUT2D eigenvalue weighted by Gasteiger charge is 2.12. The van der Waals surface area contributed by atoms with Gasteiger partial charge in [0.2, 0.25) is 0 Å². The molecule has 0 fully saturated rings. The van der Waals surface area contributed by atoms with E-state index in [1.807, 2.05) is 28.7 Å². The van der Waals surface area contributed by atoms with Crippen molar-refractivity contribution in [2.75, 3.05) is 6.61 Å². The van der Waals surface area contributed by atoms with Crippen molar-refractivity contribution in [2.24, 2.45) is 0 Å². The molecular weight excluding hydrogens is 360 g/mol. The van der Waals surface area contributed by atoms with Gasteiger partial charge in [-0.2, -0.15) is 0 Å². The first-order chi connectivity index (χ1) is 9.11. The molecule has 3 nitrogen and oxygen atoms in total. The Morgan fingerprint density at radius 1 is 1.32 bits per heavy atom. The molecule has 98 valence electrons. The zero-order valence-corrected chi connectivity index (χ0v) is 12.1. The number of halogens is 2. The highest BCUT2D eigenvalue weighted by molar-refractivity contribution is 14.1. The molecule has 2 aromatic rings. The van der Waals surface area contributed by atoms with E-state index in [0.29, 0.717) is 16.7 Å². The number of benzene rings is 1. The lowest BCUT2D eigenvalue weighted by Gasteiger charge is -2.08. The van der Waals surface area contributed by atoms with E-state index in [1.54, 1.807) is 12.1 Å². The first-order valence-corrected chi connectivity index (χ1v) is 6.70. The highest BCUT2D eigenvalue weighted by Crippen LogP contribution is 2.18. The van der Waals surface area contributed by atoms with Crippen molar-refractivity contribution in [2.45, 2.75) is 6.42 Å². The monoisotopic (exact) mass is 371 g/mol. The molecule has 0 bridgehead atoms. The molecule has 0 saturated carbocycles. The Bertz CT molecular complexity index is 616. The normalized spacial score (nSPS) is 10.5. The Morgan fingerprint density at radius 3 is 2.79 bits per heavy atom. The fourth-order valence-electron chi connectivity index (χ4n) is 1.80. The topological polar surface area (TPSA) is 50.2 Å². The molecule has 0 radical (unpaired) electrons. The zero-order chi connectivity index (χ0) is 13.8. The van der Waals surface area contributed by atoms with Gasteiger partial charge in [0, 0.05) is 27.9 Å². The average molecular weight is 371 g/mol. The number of nitrogens with zero attached hydrogens (tertiary/aromatic N) is 1. The van der Waals surface area contributed by atoms with Gasteiger partial charge in [-0.1, -0.05) is 6.07 Å². The van der Waals surface area contributed by atoms with Crippen molar-refractivity contribution in [3.05, 3.63) is 62.7 Å². The second-order valence-corrected chi connectivity index (χ2v) is 5.27. The maximum absolute atomic E-state index is 13.8. The number of aromatic nitrogens is 1. The Hall–Kier alpha value is -1.34. The minimum absolute atomic E-state index is 0.275. The molecule has 1 heterocycles. The summed E-state index contributed by atoms with van der Waals surface area (Å²) in [6.07, 6.45) is 3.29. The number of carbonyl (C=O) groups excluding carboxylic acids is 1. The number of hydrogen-bond donors (Lipinski definition) is 1. The quantitative estimate of drug-likeness (QED) is 0.664. The van der Waals surface area contributed by atoms with Crippen LogP contribution in [0.3, 0.4) is 0 Å². The van der Waals surface area contributed by atoms with Gasteiger partial charge in [-0.15, -0.1) is 0 Å². The molecule has 0 aliphatic heterocycles. The molecule has 0 atom stereocenters. The van der Waals surface area contributed by atoms with Crippen LogP contribution in [0.5, 0.6) is 0 Å². The SMILES string of the molecule is O=C(CO)c1ccncc1Cc1ccc(I)cc1F. The maximum Gasteiger partial charge on any atom is 0.188 e. The molecule has 1 aromatic carbocycles. The van der Waals surface area contributed by atoms with Crippen LogP contribution in [0.25, 0.3) is 0 Å². The number of pyridine rings is 1. The summed E-state index contributed by atoms with van der Waals surface area (Å²) in [6.45, 7) is -0.563. The lowest BCUT2D eigenvalue weighted by Crippen LogP contribution is -2.09. The van der Waals surface area contributed by atoms with Crippen LogP contribution in [-0.4, -0.2) is 22.5 Å². The van der Waals surface area contributed by atoms with Gasteiger partial charge in [0.15, 0.2) is 5.78 Å². The van der Waals surface area contributed by atoms with Crippen LogP contribution in [0.4, 0.5) is 4.39 Å². The van der Waals surface area contributed by atoms with E-state index in [4.69, 9.17) is 5.11 Å². The Balaban J connectivity index is 2.35. The molecular formula is C14H11FINO2. The number of rotatable bonds is 4. The van der Waals surface area contributed by atoms with E-state index in [-0.39, 0.29) is 18.0 Å². The summed E-state index contributed by atoms with van der Waals surface area (Å²) in [5.74, 6) is -0.693. The lowest BCUT2D eigenvalue weighted by atomic mass is 9.99. The molecule has 1 N–H and O–H groups in total. The van der Waals surface area contributed by atoms with Gasteiger partial charge in [0.05, 0.1) is 0 Å². The number of ketones is 1. The fraction of sp³-hybridized carbons (Fsp3) is 0.143. The minimum Gasteiger partial charge on any atom is -0.388 e. The number of Topliss-reactive ketones (excluding diaryl/α,β-unsaturated/α-hetero) is 1. The van der Waals surface area contributed by atoms with Crippen molar-refractivity contribution < 1.29 is 14.3 Å². The molecule has 5 heteroatoms. The summed E-state index contributed by atoms with van der Waals surface area (Å²) in [5.41, 5.74) is 1.50. The third-order valence-electron chi connectivity index (χ3n) is 2.74. The van der Waals surface area contributed by atoms with Gasteiger partial charge in [-0.25, -0.2) is 4.39 Å². The van der Waals surface area contributed by atoms with E-state index in [9.17, 15) is 9.18 Å². The van der Waals surface area contributed by atoms with Crippen LogP contribution in [0.1, 0.15) is 21.5 Å². The Kier molecular flexibility index (Phi) is 4.60. The lowest BCUT2D eigenvalue weighted by molar-refractivity contribution is 0.0902. The number of hydrogen-bond acceptors (Lipinski definition) is 3. The molecule has 0 amide bonds. The average Bonchev–Trinajstić information content (AvgIpc) is 2.41. The molecule has 0 aliphatic carbocycles. The van der Waals surface area contributed by atoms with Crippen molar-refractivity contribution in [1.29, 1.82) is 0 Å². The van der Waals surface area contributed by atoms with Crippen LogP contribution >= 0.6 is 22.6 Å². The molecule has 0 saturated heterocycles. The number of aliphatic hydroxyl groups excluding tert-OH is 1. The van der Waals surface area contributed by atoms with E-state index >= 15 is 0 Å². The molecule has 0 aliphatic rings. The molecule has 0 spiro atoms. The molecule has 19 heavy (non-hydrogen) atoms. The first kappa shape index (κ1) is 14.1. The standard InChI is InChI=1S/C14H11FINO2/c15-13-6-11(16)2-1-9(13)5-10-7-17-4-3-12(10)14(19)8-18/h1-4,6-7,18H,5,8H2. The predicted octanol–water partition coefficient (Wildman–Crippen LogP) is 2.59. The van der Waals surface area contributed by atoms with Gasteiger partial charge in [0.25, 0.3) is 0 Å². The second-order valence-electron chi connectivity index (χ2n) is 4.03. The summed E-state index contributed by atoms with van der Waals surface area (Å²) in [7, 11) is 0. The van der Waals surface area contributed by atoms with Crippen LogP contribution in [0.15, 0.2) is 36.7 Å². The number of aliphatic hydroxyl groups is 1. The Morgan fingerprint density at radius 2 is 2.11 bits per heavy atom. The third kappa shape index (κ3) is 3.36. The fourth-order valence-corrected chi connectivity index (χ4v) is 2.25. The molecule has 0 unspecified atom stereocenters. The summed E-state index contributed by atoms with van der Waals surface area (Å²) in [4.78, 5) is 15.5. The van der Waals surface area contributed by atoms with Crippen LogP contribution in [0.2, 0.25) is 0 Å². The van der Waals surface area contributed by atoms with Gasteiger partial charge < -0.3 is 5.11 Å². The third-order valence-corrected chi connectivity index (χ3v) is 3.41. The van der Waals surface area contributed by atoms with E-state index in [2.05, 4.69) is 4.98 Å². The van der Waals surface area contributed by atoms with Crippen molar-refractivity contribution in [1.82, 2.24) is 4.98 Å². The second kappa shape index (κ2) is 6.21. The molecule has 2 rings (SSSR count). The minimum atomic E-state index is -0.563. The summed E-state index contributed by atoms with van der Waals surface area (Å²) in [5, 5.41) is 8.92. The summed E-state index contributed by atoms with van der Waals surface area (Å²) < 4.78 is 14.6. The number of carbonyl (C=O) groups is 1. The highest BCUT2D eigenvalue weighted by atomic mass is 127. The van der Waals surface area contributed by atoms with Crippen LogP contribution in [0, 0.1) is 9.39 Å². The molecule has 1 aromatic heterocycles.